The Morgan fingerprint density at radius 2 is 1.89 bits per heavy atom. The number of benzene rings is 1. The van der Waals surface area contributed by atoms with Crippen LogP contribution in [0.25, 0.3) is 0 Å². The molecular formula is C22H36N4O. The van der Waals surface area contributed by atoms with Crippen LogP contribution in [0.1, 0.15) is 45.1 Å². The van der Waals surface area contributed by atoms with Crippen molar-refractivity contribution < 1.29 is 4.79 Å². The zero-order valence-electron chi connectivity index (χ0n) is 17.0. The van der Waals surface area contributed by atoms with Crippen LogP contribution in [0.4, 0.5) is 0 Å². The number of carbonyl (C=O) groups is 1. The number of hydrogen-bond acceptors (Lipinski definition) is 4. The maximum Gasteiger partial charge on any atom is 0.237 e. The second kappa shape index (κ2) is 10.2. The van der Waals surface area contributed by atoms with Gasteiger partial charge in [0.2, 0.25) is 5.91 Å². The van der Waals surface area contributed by atoms with E-state index in [0.29, 0.717) is 18.6 Å². The standard InChI is InChI=1S/C22H36N4O/c1-3-12-25-13-10-20(11-14-25)26-17-19(15-21(26)22(27)23-4-2)24-16-18-8-6-5-7-9-18/h5-9,19-21,24H,3-4,10-17H2,1-2H3,(H,23,27)/t19-,21+/m1/s1. The van der Waals surface area contributed by atoms with Gasteiger partial charge >= 0.3 is 0 Å². The van der Waals surface area contributed by atoms with Crippen LogP contribution in [0.15, 0.2) is 30.3 Å². The molecule has 1 aromatic carbocycles. The smallest absolute Gasteiger partial charge is 0.237 e. The molecule has 150 valence electrons. The van der Waals surface area contributed by atoms with Gasteiger partial charge in [0, 0.05) is 31.7 Å². The van der Waals surface area contributed by atoms with Crippen molar-refractivity contribution in [1.29, 1.82) is 0 Å². The quantitative estimate of drug-likeness (QED) is 0.735. The molecule has 0 spiro atoms. The lowest BCUT2D eigenvalue weighted by Crippen LogP contribution is -2.51. The van der Waals surface area contributed by atoms with E-state index >= 15 is 0 Å². The van der Waals surface area contributed by atoms with Crippen molar-refractivity contribution in [3.63, 3.8) is 0 Å². The molecule has 0 aromatic heterocycles. The van der Waals surface area contributed by atoms with Crippen molar-refractivity contribution in [3.05, 3.63) is 35.9 Å². The van der Waals surface area contributed by atoms with E-state index in [4.69, 9.17) is 0 Å². The maximum absolute atomic E-state index is 12.7. The van der Waals surface area contributed by atoms with E-state index < -0.39 is 0 Å². The predicted octanol–water partition coefficient (Wildman–Crippen LogP) is 2.23. The number of nitrogens with one attached hydrogen (secondary N) is 2. The first-order valence-corrected chi connectivity index (χ1v) is 10.7. The van der Waals surface area contributed by atoms with Crippen molar-refractivity contribution in [1.82, 2.24) is 20.4 Å². The molecule has 3 rings (SSSR count). The second-order valence-electron chi connectivity index (χ2n) is 7.98. The maximum atomic E-state index is 12.7. The van der Waals surface area contributed by atoms with Gasteiger partial charge in [-0.15, -0.1) is 0 Å². The van der Waals surface area contributed by atoms with Crippen LogP contribution >= 0.6 is 0 Å². The predicted molar refractivity (Wildman–Crippen MR) is 111 cm³/mol. The summed E-state index contributed by atoms with van der Waals surface area (Å²) >= 11 is 0. The molecule has 2 atom stereocenters. The highest BCUT2D eigenvalue weighted by Gasteiger charge is 2.40. The van der Waals surface area contributed by atoms with E-state index in [2.05, 4.69) is 57.7 Å². The molecule has 0 saturated carbocycles. The number of likely N-dealkylation sites (N-methyl/N-ethyl adjacent to an activating group) is 1. The first kappa shape index (κ1) is 20.3. The third-order valence-electron chi connectivity index (χ3n) is 6.00. The molecular weight excluding hydrogens is 336 g/mol. The van der Waals surface area contributed by atoms with Gasteiger partial charge in [0.05, 0.1) is 6.04 Å². The van der Waals surface area contributed by atoms with Crippen molar-refractivity contribution in [2.75, 3.05) is 32.7 Å². The lowest BCUT2D eigenvalue weighted by atomic mass is 10.0. The second-order valence-corrected chi connectivity index (χ2v) is 7.98. The fourth-order valence-corrected chi connectivity index (χ4v) is 4.61. The summed E-state index contributed by atoms with van der Waals surface area (Å²) in [5, 5.41) is 6.75. The van der Waals surface area contributed by atoms with Crippen LogP contribution in [-0.4, -0.2) is 66.6 Å². The summed E-state index contributed by atoms with van der Waals surface area (Å²) in [6.45, 7) is 10.3. The van der Waals surface area contributed by atoms with Crippen LogP contribution in [-0.2, 0) is 11.3 Å². The van der Waals surface area contributed by atoms with Gasteiger partial charge in [-0.1, -0.05) is 37.3 Å². The normalized spacial score (nSPS) is 25.0. The van der Waals surface area contributed by atoms with E-state index in [1.807, 2.05) is 6.92 Å². The van der Waals surface area contributed by atoms with E-state index in [0.717, 1.165) is 19.5 Å². The molecule has 0 bridgehead atoms. The summed E-state index contributed by atoms with van der Waals surface area (Å²) in [5.41, 5.74) is 1.30. The number of piperidine rings is 1. The molecule has 1 aromatic rings. The summed E-state index contributed by atoms with van der Waals surface area (Å²) in [4.78, 5) is 17.8. The van der Waals surface area contributed by atoms with Crippen molar-refractivity contribution in [2.45, 2.75) is 64.2 Å². The van der Waals surface area contributed by atoms with Crippen molar-refractivity contribution in [3.8, 4) is 0 Å². The zero-order valence-corrected chi connectivity index (χ0v) is 17.0. The van der Waals surface area contributed by atoms with Gasteiger partial charge in [0.15, 0.2) is 0 Å². The Balaban J connectivity index is 1.59. The van der Waals surface area contributed by atoms with Gasteiger partial charge < -0.3 is 15.5 Å². The molecule has 2 aliphatic rings. The Morgan fingerprint density at radius 1 is 1.15 bits per heavy atom. The number of nitrogens with zero attached hydrogens (tertiary/aromatic N) is 2. The summed E-state index contributed by atoms with van der Waals surface area (Å²) in [6.07, 6.45) is 4.50. The molecule has 27 heavy (non-hydrogen) atoms. The van der Waals surface area contributed by atoms with E-state index in [1.54, 1.807) is 0 Å². The summed E-state index contributed by atoms with van der Waals surface area (Å²) in [6, 6.07) is 11.5. The Bertz CT molecular complexity index is 571. The molecule has 0 aliphatic carbocycles. The monoisotopic (exact) mass is 372 g/mol. The van der Waals surface area contributed by atoms with Crippen molar-refractivity contribution in [2.24, 2.45) is 0 Å². The Labute approximate surface area is 164 Å². The van der Waals surface area contributed by atoms with Crippen LogP contribution < -0.4 is 10.6 Å². The van der Waals surface area contributed by atoms with E-state index in [9.17, 15) is 4.79 Å². The molecule has 2 saturated heterocycles. The van der Waals surface area contributed by atoms with Crippen LogP contribution in [0.3, 0.4) is 0 Å². The minimum absolute atomic E-state index is 0.0148. The molecule has 2 N–H and O–H groups in total. The fraction of sp³-hybridized carbons (Fsp3) is 0.682. The van der Waals surface area contributed by atoms with Crippen LogP contribution in [0.5, 0.6) is 0 Å². The highest BCUT2D eigenvalue weighted by Crippen LogP contribution is 2.27. The zero-order chi connectivity index (χ0) is 19.1. The average molecular weight is 373 g/mol. The number of likely N-dealkylation sites (tertiary alicyclic amines) is 2. The van der Waals surface area contributed by atoms with Gasteiger partial charge in [-0.05, 0) is 57.8 Å². The topological polar surface area (TPSA) is 47.6 Å². The highest BCUT2D eigenvalue weighted by molar-refractivity contribution is 5.82. The van der Waals surface area contributed by atoms with Gasteiger partial charge in [-0.2, -0.15) is 0 Å². The third-order valence-corrected chi connectivity index (χ3v) is 6.00. The molecule has 0 unspecified atom stereocenters. The summed E-state index contributed by atoms with van der Waals surface area (Å²) in [7, 11) is 0. The molecule has 2 fully saturated rings. The molecule has 2 aliphatic heterocycles. The lowest BCUT2D eigenvalue weighted by molar-refractivity contribution is -0.126. The van der Waals surface area contributed by atoms with Gasteiger partial charge in [-0.3, -0.25) is 9.69 Å². The molecule has 0 radical (unpaired) electrons. The Morgan fingerprint density at radius 3 is 2.56 bits per heavy atom. The van der Waals surface area contributed by atoms with E-state index in [1.165, 1.54) is 44.5 Å². The Kier molecular flexibility index (Phi) is 7.68. The average Bonchev–Trinajstić information content (AvgIpc) is 3.13. The summed E-state index contributed by atoms with van der Waals surface area (Å²) in [5.74, 6) is 0.206. The molecule has 1 amide bonds. The minimum atomic E-state index is 0.0148. The fourth-order valence-electron chi connectivity index (χ4n) is 4.61. The first-order valence-electron chi connectivity index (χ1n) is 10.7. The van der Waals surface area contributed by atoms with Crippen molar-refractivity contribution >= 4 is 5.91 Å². The van der Waals surface area contributed by atoms with E-state index in [-0.39, 0.29) is 11.9 Å². The molecule has 2 heterocycles. The number of rotatable bonds is 8. The third kappa shape index (κ3) is 5.53. The van der Waals surface area contributed by atoms with Gasteiger partial charge in [0.1, 0.15) is 0 Å². The molecule has 5 heteroatoms. The minimum Gasteiger partial charge on any atom is -0.355 e. The first-order chi connectivity index (χ1) is 13.2. The summed E-state index contributed by atoms with van der Waals surface area (Å²) < 4.78 is 0. The van der Waals surface area contributed by atoms with Gasteiger partial charge in [-0.25, -0.2) is 0 Å². The number of hydrogen-bond donors (Lipinski definition) is 2. The van der Waals surface area contributed by atoms with Crippen LogP contribution in [0.2, 0.25) is 0 Å². The Hall–Kier alpha value is -1.43. The van der Waals surface area contributed by atoms with Gasteiger partial charge in [0.25, 0.3) is 0 Å². The largest absolute Gasteiger partial charge is 0.355 e. The number of amides is 1. The van der Waals surface area contributed by atoms with Crippen LogP contribution in [0, 0.1) is 0 Å². The lowest BCUT2D eigenvalue weighted by Gasteiger charge is -2.38. The highest BCUT2D eigenvalue weighted by atomic mass is 16.2. The number of carbonyl (C=O) groups excluding carboxylic acids is 1. The molecule has 5 nitrogen and oxygen atoms in total. The SMILES string of the molecule is CCCN1CCC(N2C[C@H](NCc3ccccc3)C[C@H]2C(=O)NCC)CC1.